The van der Waals surface area contributed by atoms with Gasteiger partial charge in [-0.1, -0.05) is 6.92 Å². The average molecular weight is 153 g/mol. The molecule has 0 saturated carbocycles. The van der Waals surface area contributed by atoms with E-state index in [2.05, 4.69) is 10.1 Å². The molecule has 2 N–H and O–H groups in total. The van der Waals surface area contributed by atoms with Gasteiger partial charge in [-0.25, -0.2) is 4.62 Å². The van der Waals surface area contributed by atoms with Crippen molar-refractivity contribution in [3.8, 4) is 0 Å². The highest BCUT2D eigenvalue weighted by atomic mass is 31.2. The molecule has 9 heavy (non-hydrogen) atoms. The van der Waals surface area contributed by atoms with Crippen LogP contribution in [-0.2, 0) is 9.19 Å². The van der Waals surface area contributed by atoms with Crippen LogP contribution in [0.3, 0.4) is 0 Å². The molecule has 0 radical (unpaired) electrons. The van der Waals surface area contributed by atoms with E-state index in [-0.39, 0.29) is 6.16 Å². The van der Waals surface area contributed by atoms with Gasteiger partial charge in [0.15, 0.2) is 0 Å². The second-order valence-corrected chi connectivity index (χ2v) is 3.56. The third-order valence-electron chi connectivity index (χ3n) is 0.740. The van der Waals surface area contributed by atoms with Crippen LogP contribution in [0.15, 0.2) is 0 Å². The maximum Gasteiger partial charge on any atom is 0.344 e. The first-order chi connectivity index (χ1) is 4.12. The van der Waals surface area contributed by atoms with Crippen molar-refractivity contribution in [2.75, 3.05) is 13.2 Å². The lowest BCUT2D eigenvalue weighted by molar-refractivity contribution is 0.188. The first-order valence-electron chi connectivity index (χ1n) is 2.79. The third-order valence-corrected chi connectivity index (χ3v) is 2.22. The first kappa shape index (κ1) is 9.11. The van der Waals surface area contributed by atoms with Gasteiger partial charge in [0.25, 0.3) is 0 Å². The molecule has 0 fully saturated rings. The van der Waals surface area contributed by atoms with E-state index in [1.54, 1.807) is 0 Å². The second kappa shape index (κ2) is 4.01. The molecule has 0 aromatic rings. The van der Waals surface area contributed by atoms with E-state index < -0.39 is 7.60 Å². The van der Waals surface area contributed by atoms with Gasteiger partial charge in [0.2, 0.25) is 0 Å². The lowest BCUT2D eigenvalue weighted by Crippen LogP contribution is -2.06. The van der Waals surface area contributed by atoms with E-state index in [4.69, 9.17) is 4.89 Å². The topological polar surface area (TPSA) is 58.6 Å². The van der Waals surface area contributed by atoms with Gasteiger partial charge in [0, 0.05) is 7.05 Å². The van der Waals surface area contributed by atoms with Crippen LogP contribution in [0.1, 0.15) is 13.3 Å². The molecular weight excluding hydrogens is 141 g/mol. The number of hydrogen-bond acceptors (Lipinski definition) is 3. The normalized spacial score (nSPS) is 17.2. The monoisotopic (exact) mass is 153 g/mol. The summed E-state index contributed by atoms with van der Waals surface area (Å²) in [6, 6.07) is 0. The van der Waals surface area contributed by atoms with Crippen LogP contribution in [0.2, 0.25) is 0 Å². The molecule has 4 nitrogen and oxygen atoms in total. The summed E-state index contributed by atoms with van der Waals surface area (Å²) in [6.45, 7) is 1.82. The molecule has 0 aromatic heterocycles. The lowest BCUT2D eigenvalue weighted by Gasteiger charge is -2.07. The Bertz CT molecular complexity index is 106. The fourth-order valence-electron chi connectivity index (χ4n) is 0.471. The summed E-state index contributed by atoms with van der Waals surface area (Å²) in [5.74, 6) is 0. The average Bonchev–Trinajstić information content (AvgIpc) is 1.64. The van der Waals surface area contributed by atoms with Crippen molar-refractivity contribution < 1.29 is 14.1 Å². The van der Waals surface area contributed by atoms with E-state index in [1.165, 1.54) is 7.05 Å². The molecule has 0 heterocycles. The van der Waals surface area contributed by atoms with Crippen LogP contribution >= 0.6 is 7.60 Å². The molecule has 0 aromatic carbocycles. The van der Waals surface area contributed by atoms with Gasteiger partial charge in [-0.2, -0.15) is 5.48 Å². The fourth-order valence-corrected chi connectivity index (χ4v) is 1.41. The third kappa shape index (κ3) is 4.60. The molecule has 0 rings (SSSR count). The Morgan fingerprint density at radius 3 is 2.67 bits per heavy atom. The molecular formula is C4H12NO3P. The molecule has 0 bridgehead atoms. The Kier molecular flexibility index (Phi) is 4.06. The van der Waals surface area contributed by atoms with Crippen molar-refractivity contribution in [1.82, 2.24) is 5.48 Å². The number of nitrogens with one attached hydrogen (secondary N) is 1. The van der Waals surface area contributed by atoms with Gasteiger partial charge >= 0.3 is 7.60 Å². The number of hydrogen-bond donors (Lipinski definition) is 2. The Morgan fingerprint density at radius 2 is 2.33 bits per heavy atom. The van der Waals surface area contributed by atoms with Crippen molar-refractivity contribution in [1.29, 1.82) is 0 Å². The first-order valence-corrected chi connectivity index (χ1v) is 4.56. The summed E-state index contributed by atoms with van der Waals surface area (Å²) in [6.07, 6.45) is 0.850. The smallest absolute Gasteiger partial charge is 0.323 e. The fraction of sp³-hybridized carbons (Fsp3) is 1.00. The predicted octanol–water partition coefficient (Wildman–Crippen LogP) is 0.733. The van der Waals surface area contributed by atoms with Crippen LogP contribution in [0, 0.1) is 0 Å². The highest BCUT2D eigenvalue weighted by Crippen LogP contribution is 2.40. The van der Waals surface area contributed by atoms with Crippen molar-refractivity contribution in [3.05, 3.63) is 0 Å². The largest absolute Gasteiger partial charge is 0.344 e. The van der Waals surface area contributed by atoms with E-state index in [0.29, 0.717) is 6.42 Å². The zero-order valence-electron chi connectivity index (χ0n) is 5.63. The minimum atomic E-state index is -3.30. The second-order valence-electron chi connectivity index (χ2n) is 1.66. The number of rotatable bonds is 4. The highest BCUT2D eigenvalue weighted by molar-refractivity contribution is 7.52. The Balaban J connectivity index is 3.58. The number of hydroxylamine groups is 1. The van der Waals surface area contributed by atoms with Crippen molar-refractivity contribution in [3.63, 3.8) is 0 Å². The zero-order chi connectivity index (χ0) is 7.33. The van der Waals surface area contributed by atoms with E-state index in [9.17, 15) is 4.57 Å². The molecule has 5 heteroatoms. The molecule has 1 atom stereocenters. The van der Waals surface area contributed by atoms with Gasteiger partial charge in [-0.05, 0) is 6.42 Å². The Labute approximate surface area is 54.7 Å². The Hall–Kier alpha value is 0.110. The summed E-state index contributed by atoms with van der Waals surface area (Å²) in [7, 11) is -1.85. The van der Waals surface area contributed by atoms with Crippen LogP contribution in [-0.4, -0.2) is 18.1 Å². The summed E-state index contributed by atoms with van der Waals surface area (Å²) in [4.78, 5) is 8.79. The molecule has 0 amide bonds. The van der Waals surface area contributed by atoms with Gasteiger partial charge in [-0.3, -0.25) is 4.57 Å². The summed E-state index contributed by atoms with van der Waals surface area (Å²) in [5, 5.41) is 0. The molecule has 0 aliphatic heterocycles. The SMILES string of the molecule is CCCP(=O)(O)ONC. The van der Waals surface area contributed by atoms with Gasteiger partial charge < -0.3 is 4.89 Å². The van der Waals surface area contributed by atoms with E-state index in [1.807, 2.05) is 6.92 Å². The maximum atomic E-state index is 10.7. The summed E-state index contributed by atoms with van der Waals surface area (Å²) in [5.41, 5.74) is 2.18. The van der Waals surface area contributed by atoms with Gasteiger partial charge in [-0.15, -0.1) is 0 Å². The molecule has 1 unspecified atom stereocenters. The maximum absolute atomic E-state index is 10.7. The minimum Gasteiger partial charge on any atom is -0.323 e. The van der Waals surface area contributed by atoms with Crippen molar-refractivity contribution >= 4 is 7.60 Å². The highest BCUT2D eigenvalue weighted by Gasteiger charge is 2.16. The standard InChI is InChI=1S/C4H12NO3P/c1-3-4-9(6,7)8-5-2/h5H,3-4H2,1-2H3,(H,6,7). The van der Waals surface area contributed by atoms with Gasteiger partial charge in [0.05, 0.1) is 6.16 Å². The van der Waals surface area contributed by atoms with Crippen LogP contribution in [0.5, 0.6) is 0 Å². The molecule has 56 valence electrons. The van der Waals surface area contributed by atoms with Gasteiger partial charge in [0.1, 0.15) is 0 Å². The Morgan fingerprint density at radius 1 is 1.78 bits per heavy atom. The molecule has 0 saturated heterocycles. The lowest BCUT2D eigenvalue weighted by atomic mass is 10.6. The minimum absolute atomic E-state index is 0.202. The summed E-state index contributed by atoms with van der Waals surface area (Å²) < 4.78 is 15.0. The zero-order valence-corrected chi connectivity index (χ0v) is 6.52. The van der Waals surface area contributed by atoms with Crippen LogP contribution < -0.4 is 5.48 Å². The predicted molar refractivity (Wildman–Crippen MR) is 35.1 cm³/mol. The molecule has 0 aliphatic rings. The molecule has 0 aliphatic carbocycles. The van der Waals surface area contributed by atoms with Crippen molar-refractivity contribution in [2.45, 2.75) is 13.3 Å². The van der Waals surface area contributed by atoms with E-state index in [0.717, 1.165) is 0 Å². The van der Waals surface area contributed by atoms with Crippen LogP contribution in [0.4, 0.5) is 0 Å². The quantitative estimate of drug-likeness (QED) is 0.461. The van der Waals surface area contributed by atoms with E-state index >= 15 is 0 Å². The molecule has 0 spiro atoms. The summed E-state index contributed by atoms with van der Waals surface area (Å²) >= 11 is 0. The van der Waals surface area contributed by atoms with Crippen LogP contribution in [0.25, 0.3) is 0 Å². The van der Waals surface area contributed by atoms with Crippen molar-refractivity contribution in [2.24, 2.45) is 0 Å².